The third-order valence-electron chi connectivity index (χ3n) is 1.87. The molecule has 0 bridgehead atoms. The Balaban J connectivity index is 2.39. The van der Waals surface area contributed by atoms with E-state index in [0.717, 1.165) is 31.0 Å². The van der Waals surface area contributed by atoms with E-state index in [9.17, 15) is 0 Å². The van der Waals surface area contributed by atoms with Gasteiger partial charge in [-0.2, -0.15) is 5.26 Å². The van der Waals surface area contributed by atoms with E-state index in [2.05, 4.69) is 20.6 Å². The standard InChI is InChI=1S/C8H9N5/c9-3-7-12-5-6-4-10-1-2-11-8(6)13-7/h5,10H,1-2,4H2,(H,11,12,13). The second-order valence-electron chi connectivity index (χ2n) is 2.78. The Hall–Kier alpha value is -1.67. The Morgan fingerprint density at radius 3 is 3.23 bits per heavy atom. The molecule has 1 aromatic heterocycles. The minimum absolute atomic E-state index is 0.216. The van der Waals surface area contributed by atoms with Crippen LogP contribution in [-0.2, 0) is 6.54 Å². The molecule has 0 spiro atoms. The molecule has 66 valence electrons. The van der Waals surface area contributed by atoms with E-state index in [-0.39, 0.29) is 5.82 Å². The van der Waals surface area contributed by atoms with Crippen LogP contribution in [0.25, 0.3) is 0 Å². The fraction of sp³-hybridized carbons (Fsp3) is 0.375. The Morgan fingerprint density at radius 2 is 2.38 bits per heavy atom. The van der Waals surface area contributed by atoms with Gasteiger partial charge < -0.3 is 10.6 Å². The highest BCUT2D eigenvalue weighted by molar-refractivity contribution is 5.44. The van der Waals surface area contributed by atoms with Crippen LogP contribution in [0.15, 0.2) is 6.20 Å². The molecule has 2 N–H and O–H groups in total. The SMILES string of the molecule is N#Cc1ncc2c(n1)NCCNC2. The molecule has 5 heteroatoms. The molecule has 0 radical (unpaired) electrons. The van der Waals surface area contributed by atoms with Gasteiger partial charge in [-0.3, -0.25) is 0 Å². The number of hydrogen-bond acceptors (Lipinski definition) is 5. The van der Waals surface area contributed by atoms with E-state index in [1.54, 1.807) is 6.20 Å². The van der Waals surface area contributed by atoms with Crippen molar-refractivity contribution in [2.45, 2.75) is 6.54 Å². The average Bonchev–Trinajstić information content (AvgIpc) is 2.41. The highest BCUT2D eigenvalue weighted by atomic mass is 15.1. The Kier molecular flexibility index (Phi) is 2.06. The normalized spacial score (nSPS) is 15.0. The fourth-order valence-electron chi connectivity index (χ4n) is 1.24. The van der Waals surface area contributed by atoms with Gasteiger partial charge in [-0.25, -0.2) is 9.97 Å². The maximum absolute atomic E-state index is 8.59. The van der Waals surface area contributed by atoms with Crippen molar-refractivity contribution in [1.29, 1.82) is 5.26 Å². The smallest absolute Gasteiger partial charge is 0.234 e. The fourth-order valence-corrected chi connectivity index (χ4v) is 1.24. The quantitative estimate of drug-likeness (QED) is 0.574. The minimum Gasteiger partial charge on any atom is -0.368 e. The van der Waals surface area contributed by atoms with Crippen LogP contribution >= 0.6 is 0 Å². The highest BCUT2D eigenvalue weighted by Crippen LogP contribution is 2.12. The molecule has 0 aliphatic carbocycles. The summed E-state index contributed by atoms with van der Waals surface area (Å²) in [4.78, 5) is 7.97. The number of nitriles is 1. The summed E-state index contributed by atoms with van der Waals surface area (Å²) in [5.41, 5.74) is 1.01. The van der Waals surface area contributed by atoms with E-state index >= 15 is 0 Å². The van der Waals surface area contributed by atoms with Crippen LogP contribution in [0.3, 0.4) is 0 Å². The van der Waals surface area contributed by atoms with Crippen molar-refractivity contribution in [3.63, 3.8) is 0 Å². The van der Waals surface area contributed by atoms with E-state index in [0.29, 0.717) is 0 Å². The van der Waals surface area contributed by atoms with Crippen LogP contribution in [0.2, 0.25) is 0 Å². The first-order valence-electron chi connectivity index (χ1n) is 4.11. The molecule has 0 amide bonds. The number of fused-ring (bicyclic) bond motifs is 1. The predicted octanol–water partition coefficient (Wildman–Crippen LogP) is -0.137. The lowest BCUT2D eigenvalue weighted by Gasteiger charge is -2.03. The van der Waals surface area contributed by atoms with Gasteiger partial charge in [0, 0.05) is 31.4 Å². The summed E-state index contributed by atoms with van der Waals surface area (Å²) in [7, 11) is 0. The first-order valence-corrected chi connectivity index (χ1v) is 4.11. The van der Waals surface area contributed by atoms with Gasteiger partial charge in [0.15, 0.2) is 0 Å². The van der Waals surface area contributed by atoms with Crippen molar-refractivity contribution in [3.8, 4) is 6.07 Å². The molecule has 5 nitrogen and oxygen atoms in total. The van der Waals surface area contributed by atoms with Crippen molar-refractivity contribution in [1.82, 2.24) is 15.3 Å². The van der Waals surface area contributed by atoms with E-state index < -0.39 is 0 Å². The van der Waals surface area contributed by atoms with E-state index in [1.165, 1.54) is 0 Å². The van der Waals surface area contributed by atoms with Crippen LogP contribution in [0, 0.1) is 11.3 Å². The molecule has 2 rings (SSSR count). The molecule has 1 aliphatic rings. The van der Waals surface area contributed by atoms with Gasteiger partial charge in [0.25, 0.3) is 0 Å². The van der Waals surface area contributed by atoms with Crippen molar-refractivity contribution in [2.24, 2.45) is 0 Å². The molecule has 1 aliphatic heterocycles. The third-order valence-corrected chi connectivity index (χ3v) is 1.87. The van der Waals surface area contributed by atoms with Crippen LogP contribution in [0.5, 0.6) is 0 Å². The first-order chi connectivity index (χ1) is 6.40. The third kappa shape index (κ3) is 1.58. The number of hydrogen-bond donors (Lipinski definition) is 2. The summed E-state index contributed by atoms with van der Waals surface area (Å²) in [5.74, 6) is 0.990. The second kappa shape index (κ2) is 3.37. The maximum atomic E-state index is 8.59. The topological polar surface area (TPSA) is 73.6 Å². The number of nitrogens with one attached hydrogen (secondary N) is 2. The zero-order chi connectivity index (χ0) is 9.10. The number of nitrogens with zero attached hydrogens (tertiary/aromatic N) is 3. The van der Waals surface area contributed by atoms with Gasteiger partial charge in [-0.05, 0) is 0 Å². The number of rotatable bonds is 0. The molecule has 0 aromatic carbocycles. The summed E-state index contributed by atoms with van der Waals surface area (Å²) in [6.45, 7) is 2.49. The minimum atomic E-state index is 0.216. The van der Waals surface area contributed by atoms with Gasteiger partial charge in [0.05, 0.1) is 0 Å². The van der Waals surface area contributed by atoms with Crippen LogP contribution in [0.4, 0.5) is 5.82 Å². The average molecular weight is 175 g/mol. The van der Waals surface area contributed by atoms with Gasteiger partial charge in [0.1, 0.15) is 11.9 Å². The lowest BCUT2D eigenvalue weighted by Crippen LogP contribution is -2.16. The van der Waals surface area contributed by atoms with Gasteiger partial charge in [-0.15, -0.1) is 0 Å². The van der Waals surface area contributed by atoms with Crippen LogP contribution in [0.1, 0.15) is 11.4 Å². The highest BCUT2D eigenvalue weighted by Gasteiger charge is 2.08. The Labute approximate surface area is 75.8 Å². The summed E-state index contributed by atoms with van der Waals surface area (Å²) in [6.07, 6.45) is 1.69. The summed E-state index contributed by atoms with van der Waals surface area (Å²) in [6, 6.07) is 1.91. The molecule has 0 unspecified atom stereocenters. The molecule has 0 atom stereocenters. The van der Waals surface area contributed by atoms with Crippen molar-refractivity contribution in [3.05, 3.63) is 17.6 Å². The van der Waals surface area contributed by atoms with Crippen molar-refractivity contribution < 1.29 is 0 Å². The number of aromatic nitrogens is 2. The first kappa shape index (κ1) is 7.95. The van der Waals surface area contributed by atoms with Crippen molar-refractivity contribution >= 4 is 5.82 Å². The van der Waals surface area contributed by atoms with Crippen molar-refractivity contribution in [2.75, 3.05) is 18.4 Å². The van der Waals surface area contributed by atoms with Crippen LogP contribution < -0.4 is 10.6 Å². The van der Waals surface area contributed by atoms with Gasteiger partial charge in [-0.1, -0.05) is 0 Å². The molecule has 0 saturated heterocycles. The lowest BCUT2D eigenvalue weighted by molar-refractivity contribution is 0.723. The van der Waals surface area contributed by atoms with Crippen LogP contribution in [-0.4, -0.2) is 23.1 Å². The molecule has 13 heavy (non-hydrogen) atoms. The van der Waals surface area contributed by atoms with E-state index in [4.69, 9.17) is 5.26 Å². The molecule has 2 heterocycles. The number of anilines is 1. The maximum Gasteiger partial charge on any atom is 0.234 e. The summed E-state index contributed by atoms with van der Waals surface area (Å²) in [5, 5.41) is 14.9. The summed E-state index contributed by atoms with van der Waals surface area (Å²) < 4.78 is 0. The molecular formula is C8H9N5. The Morgan fingerprint density at radius 1 is 1.46 bits per heavy atom. The molecular weight excluding hydrogens is 166 g/mol. The lowest BCUT2D eigenvalue weighted by atomic mass is 10.3. The molecule has 0 fully saturated rings. The monoisotopic (exact) mass is 175 g/mol. The van der Waals surface area contributed by atoms with Gasteiger partial charge in [0.2, 0.25) is 5.82 Å². The van der Waals surface area contributed by atoms with E-state index in [1.807, 2.05) is 6.07 Å². The predicted molar refractivity (Wildman–Crippen MR) is 46.9 cm³/mol. The zero-order valence-corrected chi connectivity index (χ0v) is 7.04. The summed E-state index contributed by atoms with van der Waals surface area (Å²) >= 11 is 0. The largest absolute Gasteiger partial charge is 0.368 e. The Bertz CT molecular complexity index is 354. The van der Waals surface area contributed by atoms with Gasteiger partial charge >= 0.3 is 0 Å². The molecule has 1 aromatic rings. The second-order valence-corrected chi connectivity index (χ2v) is 2.78. The molecule has 0 saturated carbocycles. The zero-order valence-electron chi connectivity index (χ0n) is 7.04.